The largest absolute Gasteiger partial charge is 2.00 e. The van der Waals surface area contributed by atoms with Crippen molar-refractivity contribution in [2.45, 2.75) is 474 Å². The van der Waals surface area contributed by atoms with Crippen molar-refractivity contribution in [2.75, 3.05) is 0 Å². The van der Waals surface area contributed by atoms with E-state index in [9.17, 15) is 25.9 Å². The number of fused-ring (bicyclic) bond motifs is 2. The summed E-state index contributed by atoms with van der Waals surface area (Å²) in [6.07, 6.45) is 89.7. The van der Waals surface area contributed by atoms with Gasteiger partial charge in [-0.05, 0) is 119 Å². The third-order valence-electron chi connectivity index (χ3n) is 21.9. The minimum Gasteiger partial charge on any atom is -0.744 e. The molecule has 0 aromatic heterocycles. The van der Waals surface area contributed by atoms with E-state index in [1.54, 1.807) is 12.1 Å². The summed E-state index contributed by atoms with van der Waals surface area (Å²) in [7, 11) is -8.99. The minimum atomic E-state index is -4.50. The second-order valence-corrected chi connectivity index (χ2v) is 34.1. The van der Waals surface area contributed by atoms with E-state index in [0.717, 1.165) is 60.1 Å². The van der Waals surface area contributed by atoms with Crippen LogP contribution in [0.5, 0.6) is 0 Å². The van der Waals surface area contributed by atoms with Crippen molar-refractivity contribution in [1.29, 1.82) is 0 Å². The Morgan fingerprint density at radius 3 is 0.554 bits per heavy atom. The Hall–Kier alpha value is -1.21. The zero-order chi connectivity index (χ0) is 71.9. The van der Waals surface area contributed by atoms with Gasteiger partial charge in [0.1, 0.15) is 20.2 Å². The van der Waals surface area contributed by atoms with Crippen LogP contribution in [0.4, 0.5) is 0 Å². The van der Waals surface area contributed by atoms with Gasteiger partial charge < -0.3 is 9.11 Å². The molecule has 4 aromatic carbocycles. The van der Waals surface area contributed by atoms with Crippen molar-refractivity contribution in [1.82, 2.24) is 0 Å². The first-order chi connectivity index (χ1) is 48.9. The van der Waals surface area contributed by atoms with Crippen molar-refractivity contribution in [3.8, 4) is 0 Å². The van der Waals surface area contributed by atoms with Crippen LogP contribution in [0.3, 0.4) is 0 Å². The molecule has 0 heterocycles. The molecule has 4 rings (SSSR count). The zero-order valence-electron chi connectivity index (χ0n) is 66.8. The SMILES string of the molecule is CCCCCCCCCCCCCCCCCCc1ccc2cc(S(=O)(=O)[O-])c(CCCCCCCCCCCCCCCCCC)cc2c1.CCCCCCCCCCCCCCCCCCc1ccc2cc(S(=O)(=O)[O-])c(CCCCCCCCCCCCCCCCCC)cc2c1.[Ba+2]. The van der Waals surface area contributed by atoms with E-state index in [4.69, 9.17) is 0 Å². The number of benzene rings is 4. The molecule has 4 aromatic rings. The van der Waals surface area contributed by atoms with Crippen LogP contribution in [0.2, 0.25) is 0 Å². The number of rotatable bonds is 70. The number of hydrogen-bond donors (Lipinski definition) is 0. The van der Waals surface area contributed by atoms with Crippen molar-refractivity contribution in [2.24, 2.45) is 0 Å². The molecule has 0 N–H and O–H groups in total. The monoisotopic (exact) mass is 1560 g/mol. The Balaban J connectivity index is 0.000000680. The molecule has 0 radical (unpaired) electrons. The van der Waals surface area contributed by atoms with Crippen LogP contribution >= 0.6 is 0 Å². The Morgan fingerprint density at radius 2 is 0.376 bits per heavy atom. The average Bonchev–Trinajstić information content (AvgIpc) is 0.797. The fraction of sp³-hybridized carbons (Fsp3) is 0.783. The van der Waals surface area contributed by atoms with Gasteiger partial charge in [0.25, 0.3) is 0 Å². The van der Waals surface area contributed by atoms with Gasteiger partial charge in [-0.3, -0.25) is 0 Å². The van der Waals surface area contributed by atoms with E-state index in [1.807, 2.05) is 24.3 Å². The first-order valence-corrected chi connectivity index (χ1v) is 46.8. The van der Waals surface area contributed by atoms with E-state index in [1.165, 1.54) is 396 Å². The quantitative estimate of drug-likeness (QED) is 0.0247. The second-order valence-electron chi connectivity index (χ2n) is 31.4. The van der Waals surface area contributed by atoms with Crippen molar-refractivity contribution < 1.29 is 25.9 Å². The molecule has 101 heavy (non-hydrogen) atoms. The van der Waals surface area contributed by atoms with Gasteiger partial charge in [0.05, 0.1) is 9.79 Å². The van der Waals surface area contributed by atoms with Gasteiger partial charge in [-0.1, -0.05) is 449 Å². The molecule has 9 heteroatoms. The first-order valence-electron chi connectivity index (χ1n) is 43.9. The van der Waals surface area contributed by atoms with Crippen LogP contribution < -0.4 is 0 Å². The molecule has 0 fully saturated rings. The first kappa shape index (κ1) is 95.9. The molecular formula is C92H158BaO6S2. The Labute approximate surface area is 667 Å². The summed E-state index contributed by atoms with van der Waals surface area (Å²) >= 11 is 0. The molecule has 0 aliphatic carbocycles. The van der Waals surface area contributed by atoms with E-state index < -0.39 is 20.2 Å². The van der Waals surface area contributed by atoms with Crippen LogP contribution in [0.15, 0.2) is 70.5 Å². The van der Waals surface area contributed by atoms with Gasteiger partial charge in [0.2, 0.25) is 0 Å². The summed E-state index contributed by atoms with van der Waals surface area (Å²) in [5, 5.41) is 3.84. The summed E-state index contributed by atoms with van der Waals surface area (Å²) in [6, 6.07) is 19.9. The van der Waals surface area contributed by atoms with Crippen LogP contribution in [-0.4, -0.2) is 74.8 Å². The normalized spacial score (nSPS) is 11.9. The van der Waals surface area contributed by atoms with Crippen LogP contribution in [0, 0.1) is 0 Å². The van der Waals surface area contributed by atoms with E-state index in [0.29, 0.717) is 24.0 Å². The summed E-state index contributed by atoms with van der Waals surface area (Å²) in [5.41, 5.74) is 4.04. The Bertz CT molecular complexity index is 2570. The summed E-state index contributed by atoms with van der Waals surface area (Å²) < 4.78 is 72.9. The molecule has 0 aliphatic rings. The Kier molecular flexibility index (Phi) is 63.5. The molecule has 0 saturated heterocycles. The van der Waals surface area contributed by atoms with Gasteiger partial charge in [0.15, 0.2) is 0 Å². The maximum absolute atomic E-state index is 12.2. The predicted octanol–water partition coefficient (Wildman–Crippen LogP) is 30.3. The predicted molar refractivity (Wildman–Crippen MR) is 443 cm³/mol. The fourth-order valence-electron chi connectivity index (χ4n) is 15.4. The average molecular weight is 1560 g/mol. The molecule has 0 amide bonds. The van der Waals surface area contributed by atoms with Gasteiger partial charge in [-0.15, -0.1) is 0 Å². The third-order valence-corrected chi connectivity index (χ3v) is 23.8. The summed E-state index contributed by atoms with van der Waals surface area (Å²) in [6.45, 7) is 9.13. The van der Waals surface area contributed by atoms with Crippen molar-refractivity contribution >= 4 is 90.7 Å². The molecule has 0 atom stereocenters. The number of hydrogen-bond acceptors (Lipinski definition) is 6. The zero-order valence-corrected chi connectivity index (χ0v) is 72.9. The molecule has 0 aliphatic heterocycles. The third kappa shape index (κ3) is 52.5. The van der Waals surface area contributed by atoms with Gasteiger partial charge in [-0.2, -0.15) is 0 Å². The van der Waals surface area contributed by atoms with Gasteiger partial charge in [0, 0.05) is 0 Å². The van der Waals surface area contributed by atoms with Crippen molar-refractivity contribution in [3.63, 3.8) is 0 Å². The van der Waals surface area contributed by atoms with Gasteiger partial charge >= 0.3 is 48.9 Å². The minimum absolute atomic E-state index is 0. The topological polar surface area (TPSA) is 114 Å². The molecule has 576 valence electrons. The van der Waals surface area contributed by atoms with Gasteiger partial charge in [-0.25, -0.2) is 16.8 Å². The van der Waals surface area contributed by atoms with Crippen LogP contribution in [0.1, 0.15) is 461 Å². The maximum Gasteiger partial charge on any atom is 2.00 e. The molecule has 0 saturated carbocycles. The molecular weight excluding hydrogens is 1400 g/mol. The summed E-state index contributed by atoms with van der Waals surface area (Å²) in [4.78, 5) is -0.0342. The molecule has 6 nitrogen and oxygen atoms in total. The fourth-order valence-corrected chi connectivity index (χ4v) is 16.9. The molecule has 0 bridgehead atoms. The van der Waals surface area contributed by atoms with E-state index in [2.05, 4.69) is 52.0 Å². The van der Waals surface area contributed by atoms with Crippen LogP contribution in [-0.2, 0) is 45.9 Å². The molecule has 0 spiro atoms. The standard InChI is InChI=1S/2C46H80O3S.Ba/c2*1-3-5-7-9-11-13-15-17-19-21-23-25-27-29-31-33-35-42-37-38-43-41-46(50(47,48)49)44(40-45(43)39-42)36-34-32-30-28-26-24-22-20-18-16-14-12-10-8-6-4-2;/h2*37-41H,3-36H2,1-2H3,(H,47,48,49);/q;;+2/p-2. The van der Waals surface area contributed by atoms with E-state index >= 15 is 0 Å². The molecule has 0 unspecified atom stereocenters. The Morgan fingerprint density at radius 1 is 0.208 bits per heavy atom. The van der Waals surface area contributed by atoms with Crippen LogP contribution in [0.25, 0.3) is 21.5 Å². The maximum atomic E-state index is 12.2. The van der Waals surface area contributed by atoms with E-state index in [-0.39, 0.29) is 58.7 Å². The summed E-state index contributed by atoms with van der Waals surface area (Å²) in [5.74, 6) is 0. The van der Waals surface area contributed by atoms with Crippen molar-refractivity contribution in [3.05, 3.63) is 82.9 Å². The number of unbranched alkanes of at least 4 members (excludes halogenated alkanes) is 60. The second kappa shape index (κ2) is 67.0. The smallest absolute Gasteiger partial charge is 0.744 e. The number of aryl methyl sites for hydroxylation is 4.